The van der Waals surface area contributed by atoms with Gasteiger partial charge in [-0.15, -0.1) is 0 Å². The number of carbonyl (C=O) groups is 2. The molecule has 6 nitrogen and oxygen atoms in total. The van der Waals surface area contributed by atoms with E-state index in [9.17, 15) is 9.59 Å². The predicted molar refractivity (Wildman–Crippen MR) is 108 cm³/mol. The van der Waals surface area contributed by atoms with E-state index in [1.54, 1.807) is 31.2 Å². The highest BCUT2D eigenvalue weighted by molar-refractivity contribution is 6.30. The predicted octanol–water partition coefficient (Wildman–Crippen LogP) is 3.67. The average molecular weight is 385 g/mol. The second kappa shape index (κ2) is 7.72. The van der Waals surface area contributed by atoms with Crippen LogP contribution in [0.1, 0.15) is 18.5 Å². The van der Waals surface area contributed by atoms with E-state index < -0.39 is 6.04 Å². The summed E-state index contributed by atoms with van der Waals surface area (Å²) in [7, 11) is 3.91. The molecule has 0 aliphatic carbocycles. The van der Waals surface area contributed by atoms with Gasteiger partial charge in [0.2, 0.25) is 0 Å². The number of hydrogen-bond donors (Lipinski definition) is 3. The molecule has 0 bridgehead atoms. The Morgan fingerprint density at radius 3 is 2.30 bits per heavy atom. The number of allylic oxidation sites excluding steroid dienone is 1. The number of carbonyl (C=O) groups excluding carboxylic acids is 2. The molecule has 1 atom stereocenters. The normalized spacial score (nSPS) is 16.4. The third kappa shape index (κ3) is 4.23. The Balaban J connectivity index is 1.91. The van der Waals surface area contributed by atoms with Crippen molar-refractivity contribution < 1.29 is 9.59 Å². The summed E-state index contributed by atoms with van der Waals surface area (Å²) in [6.07, 6.45) is 0. The van der Waals surface area contributed by atoms with Gasteiger partial charge in [-0.25, -0.2) is 4.79 Å². The average Bonchev–Trinajstić information content (AvgIpc) is 2.63. The standard InChI is InChI=1S/C20H21ClN4O2/c1-12-17(19(26)23-15-8-6-14(21)7-9-15)18(24-20(27)22-12)13-4-10-16(11-5-13)25(2)3/h4-11,18H,1-3H3,(H,23,26)(H2,22,24,27)/t18-/m0/s1. The lowest BCUT2D eigenvalue weighted by atomic mass is 9.94. The molecular weight excluding hydrogens is 364 g/mol. The first-order valence-corrected chi connectivity index (χ1v) is 8.85. The molecule has 0 fully saturated rings. The lowest BCUT2D eigenvalue weighted by Crippen LogP contribution is -2.45. The molecule has 3 rings (SSSR count). The van der Waals surface area contributed by atoms with E-state index in [1.165, 1.54) is 0 Å². The first-order chi connectivity index (χ1) is 12.8. The number of nitrogens with zero attached hydrogens (tertiary/aromatic N) is 1. The van der Waals surface area contributed by atoms with Gasteiger partial charge in [0.15, 0.2) is 0 Å². The van der Waals surface area contributed by atoms with E-state index in [0.29, 0.717) is 22.0 Å². The molecule has 0 radical (unpaired) electrons. The maximum atomic E-state index is 12.9. The minimum atomic E-state index is -0.540. The highest BCUT2D eigenvalue weighted by atomic mass is 35.5. The SMILES string of the molecule is CC1=C(C(=O)Nc2ccc(Cl)cc2)[C@H](c2ccc(N(C)C)cc2)NC(=O)N1. The smallest absolute Gasteiger partial charge is 0.319 e. The minimum absolute atomic E-state index is 0.288. The first kappa shape index (κ1) is 18.8. The summed E-state index contributed by atoms with van der Waals surface area (Å²) in [4.78, 5) is 26.9. The lowest BCUT2D eigenvalue weighted by molar-refractivity contribution is -0.113. The molecule has 3 N–H and O–H groups in total. The van der Waals surface area contributed by atoms with Gasteiger partial charge in [0.05, 0.1) is 11.6 Å². The molecule has 0 saturated heterocycles. The summed E-state index contributed by atoms with van der Waals surface area (Å²) < 4.78 is 0. The number of urea groups is 1. The van der Waals surface area contributed by atoms with Crippen molar-refractivity contribution in [2.75, 3.05) is 24.3 Å². The summed E-state index contributed by atoms with van der Waals surface area (Å²) in [5, 5.41) is 8.96. The molecule has 2 aromatic carbocycles. The summed E-state index contributed by atoms with van der Waals surface area (Å²) in [5.74, 6) is -0.288. The van der Waals surface area contributed by atoms with Gasteiger partial charge >= 0.3 is 6.03 Å². The maximum absolute atomic E-state index is 12.9. The molecule has 1 heterocycles. The Kier molecular flexibility index (Phi) is 5.37. The number of nitrogens with one attached hydrogen (secondary N) is 3. The van der Waals surface area contributed by atoms with Crippen LogP contribution in [0.25, 0.3) is 0 Å². The second-order valence-corrected chi connectivity index (χ2v) is 6.95. The van der Waals surface area contributed by atoms with E-state index in [0.717, 1.165) is 11.3 Å². The molecule has 140 valence electrons. The number of benzene rings is 2. The van der Waals surface area contributed by atoms with Gasteiger partial charge in [0.25, 0.3) is 5.91 Å². The van der Waals surface area contributed by atoms with Crippen LogP contribution < -0.4 is 20.9 Å². The Bertz CT molecular complexity index is 889. The molecule has 0 aromatic heterocycles. The summed E-state index contributed by atoms with van der Waals surface area (Å²) in [6.45, 7) is 1.72. The fraction of sp³-hybridized carbons (Fsp3) is 0.200. The highest BCUT2D eigenvalue weighted by Gasteiger charge is 2.31. The zero-order chi connectivity index (χ0) is 19.6. The van der Waals surface area contributed by atoms with Gasteiger partial charge in [-0.3, -0.25) is 4.79 Å². The fourth-order valence-electron chi connectivity index (χ4n) is 2.94. The Morgan fingerprint density at radius 1 is 1.07 bits per heavy atom. The Hall–Kier alpha value is -2.99. The monoisotopic (exact) mass is 384 g/mol. The van der Waals surface area contributed by atoms with Crippen molar-refractivity contribution in [2.45, 2.75) is 13.0 Å². The highest BCUT2D eigenvalue weighted by Crippen LogP contribution is 2.29. The van der Waals surface area contributed by atoms with Gasteiger partial charge in [0.1, 0.15) is 0 Å². The fourth-order valence-corrected chi connectivity index (χ4v) is 3.07. The van der Waals surface area contributed by atoms with Gasteiger partial charge in [0, 0.05) is 36.2 Å². The van der Waals surface area contributed by atoms with Crippen molar-refractivity contribution in [1.82, 2.24) is 10.6 Å². The van der Waals surface area contributed by atoms with Gasteiger partial charge in [-0.1, -0.05) is 23.7 Å². The molecular formula is C20H21ClN4O2. The van der Waals surface area contributed by atoms with Crippen molar-refractivity contribution in [3.8, 4) is 0 Å². The molecule has 0 saturated carbocycles. The maximum Gasteiger partial charge on any atom is 0.319 e. The van der Waals surface area contributed by atoms with Crippen molar-refractivity contribution in [3.05, 3.63) is 70.4 Å². The van der Waals surface area contributed by atoms with Crippen LogP contribution >= 0.6 is 11.6 Å². The topological polar surface area (TPSA) is 73.5 Å². The van der Waals surface area contributed by atoms with Crippen LogP contribution in [-0.2, 0) is 4.79 Å². The van der Waals surface area contributed by atoms with Crippen LogP contribution in [0, 0.1) is 0 Å². The van der Waals surface area contributed by atoms with E-state index in [2.05, 4.69) is 16.0 Å². The van der Waals surface area contributed by atoms with Crippen LogP contribution in [0.15, 0.2) is 59.8 Å². The summed E-state index contributed by atoms with van der Waals surface area (Å²) in [5.41, 5.74) is 3.47. The molecule has 2 aromatic rings. The van der Waals surface area contributed by atoms with E-state index in [1.807, 2.05) is 43.3 Å². The van der Waals surface area contributed by atoms with Crippen LogP contribution in [0.2, 0.25) is 5.02 Å². The minimum Gasteiger partial charge on any atom is -0.378 e. The second-order valence-electron chi connectivity index (χ2n) is 6.52. The first-order valence-electron chi connectivity index (χ1n) is 8.47. The summed E-state index contributed by atoms with van der Waals surface area (Å²) >= 11 is 5.89. The van der Waals surface area contributed by atoms with Gasteiger partial charge < -0.3 is 20.9 Å². The lowest BCUT2D eigenvalue weighted by Gasteiger charge is -2.29. The van der Waals surface area contributed by atoms with Crippen molar-refractivity contribution in [1.29, 1.82) is 0 Å². The Labute approximate surface area is 163 Å². The molecule has 27 heavy (non-hydrogen) atoms. The van der Waals surface area contributed by atoms with E-state index >= 15 is 0 Å². The van der Waals surface area contributed by atoms with Crippen molar-refractivity contribution in [3.63, 3.8) is 0 Å². The van der Waals surface area contributed by atoms with Crippen molar-refractivity contribution >= 4 is 34.9 Å². The Morgan fingerprint density at radius 2 is 1.70 bits per heavy atom. The number of anilines is 2. The zero-order valence-corrected chi connectivity index (χ0v) is 16.1. The number of halogens is 1. The quantitative estimate of drug-likeness (QED) is 0.753. The summed E-state index contributed by atoms with van der Waals surface area (Å²) in [6, 6.07) is 13.7. The largest absolute Gasteiger partial charge is 0.378 e. The van der Waals surface area contributed by atoms with Crippen molar-refractivity contribution in [2.24, 2.45) is 0 Å². The van der Waals surface area contributed by atoms with E-state index in [-0.39, 0.29) is 11.9 Å². The molecule has 1 aliphatic heterocycles. The van der Waals surface area contributed by atoms with E-state index in [4.69, 9.17) is 11.6 Å². The van der Waals surface area contributed by atoms with Crippen LogP contribution in [0.4, 0.5) is 16.2 Å². The van der Waals surface area contributed by atoms with Gasteiger partial charge in [-0.05, 0) is 48.9 Å². The van der Waals surface area contributed by atoms with Gasteiger partial charge in [-0.2, -0.15) is 0 Å². The van der Waals surface area contributed by atoms with Crippen LogP contribution in [0.5, 0.6) is 0 Å². The zero-order valence-electron chi connectivity index (χ0n) is 15.3. The number of rotatable bonds is 4. The molecule has 3 amide bonds. The number of hydrogen-bond acceptors (Lipinski definition) is 3. The van der Waals surface area contributed by atoms with Crippen LogP contribution in [-0.4, -0.2) is 26.0 Å². The third-order valence-corrected chi connectivity index (χ3v) is 4.61. The molecule has 0 unspecified atom stereocenters. The molecule has 0 spiro atoms. The third-order valence-electron chi connectivity index (χ3n) is 4.36. The number of amides is 3. The molecule has 1 aliphatic rings. The van der Waals surface area contributed by atoms with Crippen LogP contribution in [0.3, 0.4) is 0 Å². The molecule has 7 heteroatoms.